The van der Waals surface area contributed by atoms with Crippen LogP contribution in [0.1, 0.15) is 38.7 Å². The van der Waals surface area contributed by atoms with Crippen molar-refractivity contribution in [3.8, 4) is 0 Å². The SMILES string of the molecule is CC(Cc1ccc(Cl)cc1)NC1CCCC1C. The van der Waals surface area contributed by atoms with E-state index in [4.69, 9.17) is 11.6 Å². The molecule has 1 nitrogen and oxygen atoms in total. The molecule has 2 rings (SSSR count). The van der Waals surface area contributed by atoms with Gasteiger partial charge in [-0.1, -0.05) is 37.1 Å². The zero-order chi connectivity index (χ0) is 12.3. The van der Waals surface area contributed by atoms with Gasteiger partial charge in [0, 0.05) is 17.1 Å². The molecular weight excluding hydrogens is 230 g/mol. The summed E-state index contributed by atoms with van der Waals surface area (Å²) in [6.07, 6.45) is 5.18. The van der Waals surface area contributed by atoms with Crippen molar-refractivity contribution in [2.45, 2.75) is 51.6 Å². The van der Waals surface area contributed by atoms with Crippen LogP contribution in [0.15, 0.2) is 24.3 Å². The highest BCUT2D eigenvalue weighted by Gasteiger charge is 2.24. The average Bonchev–Trinajstić information content (AvgIpc) is 2.68. The zero-order valence-electron chi connectivity index (χ0n) is 10.7. The molecule has 1 N–H and O–H groups in total. The Hall–Kier alpha value is -0.530. The normalized spacial score (nSPS) is 26.1. The molecule has 0 aromatic heterocycles. The summed E-state index contributed by atoms with van der Waals surface area (Å²) in [6, 6.07) is 9.46. The Bertz CT molecular complexity index is 346. The van der Waals surface area contributed by atoms with Gasteiger partial charge in [0.25, 0.3) is 0 Å². The molecule has 0 amide bonds. The van der Waals surface area contributed by atoms with Crippen LogP contribution >= 0.6 is 11.6 Å². The first kappa shape index (κ1) is 12.9. The van der Waals surface area contributed by atoms with Gasteiger partial charge in [-0.05, 0) is 49.8 Å². The number of benzene rings is 1. The molecule has 0 spiro atoms. The van der Waals surface area contributed by atoms with Crippen LogP contribution in [0.25, 0.3) is 0 Å². The quantitative estimate of drug-likeness (QED) is 0.851. The van der Waals surface area contributed by atoms with Crippen LogP contribution in [0.4, 0.5) is 0 Å². The van der Waals surface area contributed by atoms with Gasteiger partial charge < -0.3 is 5.32 Å². The van der Waals surface area contributed by atoms with E-state index in [1.54, 1.807) is 0 Å². The lowest BCUT2D eigenvalue weighted by molar-refractivity contribution is 0.382. The van der Waals surface area contributed by atoms with E-state index in [2.05, 4.69) is 31.3 Å². The van der Waals surface area contributed by atoms with Gasteiger partial charge >= 0.3 is 0 Å². The highest BCUT2D eigenvalue weighted by molar-refractivity contribution is 6.30. The molecule has 1 aliphatic rings. The third-order valence-electron chi connectivity index (χ3n) is 3.82. The summed E-state index contributed by atoms with van der Waals surface area (Å²) in [5.74, 6) is 0.836. The molecule has 94 valence electrons. The second kappa shape index (κ2) is 5.88. The summed E-state index contributed by atoms with van der Waals surface area (Å²) >= 11 is 5.89. The van der Waals surface area contributed by atoms with E-state index < -0.39 is 0 Å². The lowest BCUT2D eigenvalue weighted by Gasteiger charge is -2.23. The minimum Gasteiger partial charge on any atom is -0.311 e. The van der Waals surface area contributed by atoms with Gasteiger partial charge in [-0.2, -0.15) is 0 Å². The zero-order valence-corrected chi connectivity index (χ0v) is 11.5. The molecule has 0 heterocycles. The van der Waals surface area contributed by atoms with Crippen molar-refractivity contribution in [1.29, 1.82) is 0 Å². The summed E-state index contributed by atoms with van der Waals surface area (Å²) in [5.41, 5.74) is 1.36. The maximum Gasteiger partial charge on any atom is 0.0406 e. The first-order valence-corrected chi connectivity index (χ1v) is 7.03. The summed E-state index contributed by atoms with van der Waals surface area (Å²) in [6.45, 7) is 4.64. The minimum atomic E-state index is 0.543. The Morgan fingerprint density at radius 2 is 2.00 bits per heavy atom. The van der Waals surface area contributed by atoms with Gasteiger partial charge in [-0.25, -0.2) is 0 Å². The van der Waals surface area contributed by atoms with E-state index in [9.17, 15) is 0 Å². The van der Waals surface area contributed by atoms with Crippen molar-refractivity contribution < 1.29 is 0 Å². The molecule has 0 radical (unpaired) electrons. The predicted molar refractivity (Wildman–Crippen MR) is 74.6 cm³/mol. The molecule has 1 aliphatic carbocycles. The largest absolute Gasteiger partial charge is 0.311 e. The number of hydrogen-bond acceptors (Lipinski definition) is 1. The molecular formula is C15H22ClN. The second-order valence-corrected chi connectivity index (χ2v) is 5.85. The number of halogens is 1. The van der Waals surface area contributed by atoms with Gasteiger partial charge in [0.2, 0.25) is 0 Å². The number of rotatable bonds is 4. The fourth-order valence-electron chi connectivity index (χ4n) is 2.79. The van der Waals surface area contributed by atoms with E-state index >= 15 is 0 Å². The van der Waals surface area contributed by atoms with Crippen LogP contribution in [0.5, 0.6) is 0 Å². The Morgan fingerprint density at radius 1 is 1.29 bits per heavy atom. The lowest BCUT2D eigenvalue weighted by Crippen LogP contribution is -2.39. The second-order valence-electron chi connectivity index (χ2n) is 5.41. The lowest BCUT2D eigenvalue weighted by atomic mass is 10.0. The van der Waals surface area contributed by atoms with Gasteiger partial charge in [0.05, 0.1) is 0 Å². The Balaban J connectivity index is 1.84. The Labute approximate surface area is 110 Å². The maximum absolute atomic E-state index is 5.89. The van der Waals surface area contributed by atoms with Gasteiger partial charge in [-0.3, -0.25) is 0 Å². The molecule has 3 unspecified atom stereocenters. The molecule has 1 fully saturated rings. The molecule has 1 aromatic rings. The highest BCUT2D eigenvalue weighted by Crippen LogP contribution is 2.25. The first-order chi connectivity index (χ1) is 8.15. The van der Waals surface area contributed by atoms with Crippen LogP contribution in [0.3, 0.4) is 0 Å². The molecule has 17 heavy (non-hydrogen) atoms. The van der Waals surface area contributed by atoms with Crippen molar-refractivity contribution in [2.75, 3.05) is 0 Å². The fourth-order valence-corrected chi connectivity index (χ4v) is 2.92. The van der Waals surface area contributed by atoms with E-state index in [0.717, 1.165) is 23.4 Å². The average molecular weight is 252 g/mol. The third-order valence-corrected chi connectivity index (χ3v) is 4.07. The van der Waals surface area contributed by atoms with E-state index in [0.29, 0.717) is 6.04 Å². The smallest absolute Gasteiger partial charge is 0.0406 e. The van der Waals surface area contributed by atoms with Crippen LogP contribution in [0, 0.1) is 5.92 Å². The summed E-state index contributed by atoms with van der Waals surface area (Å²) in [4.78, 5) is 0. The number of nitrogens with one attached hydrogen (secondary N) is 1. The Kier molecular flexibility index (Phi) is 4.47. The Morgan fingerprint density at radius 3 is 2.59 bits per heavy atom. The van der Waals surface area contributed by atoms with Gasteiger partial charge in [-0.15, -0.1) is 0 Å². The predicted octanol–water partition coefficient (Wildman–Crippen LogP) is 4.05. The van der Waals surface area contributed by atoms with E-state index in [1.807, 2.05) is 12.1 Å². The van der Waals surface area contributed by atoms with Crippen LogP contribution in [0.2, 0.25) is 5.02 Å². The van der Waals surface area contributed by atoms with Crippen molar-refractivity contribution in [1.82, 2.24) is 5.32 Å². The third kappa shape index (κ3) is 3.72. The van der Waals surface area contributed by atoms with Crippen LogP contribution < -0.4 is 5.32 Å². The van der Waals surface area contributed by atoms with E-state index in [1.165, 1.54) is 24.8 Å². The molecule has 1 saturated carbocycles. The topological polar surface area (TPSA) is 12.0 Å². The summed E-state index contributed by atoms with van der Waals surface area (Å²) in [7, 11) is 0. The van der Waals surface area contributed by atoms with Gasteiger partial charge in [0.15, 0.2) is 0 Å². The van der Waals surface area contributed by atoms with Crippen LogP contribution in [-0.2, 0) is 6.42 Å². The van der Waals surface area contributed by atoms with Crippen LogP contribution in [-0.4, -0.2) is 12.1 Å². The summed E-state index contributed by atoms with van der Waals surface area (Å²) in [5, 5.41) is 4.58. The monoisotopic (exact) mass is 251 g/mol. The van der Waals surface area contributed by atoms with Crippen molar-refractivity contribution in [2.24, 2.45) is 5.92 Å². The molecule has 0 saturated heterocycles. The summed E-state index contributed by atoms with van der Waals surface area (Å²) < 4.78 is 0. The molecule has 1 aromatic carbocycles. The molecule has 2 heteroatoms. The molecule has 0 aliphatic heterocycles. The molecule has 3 atom stereocenters. The van der Waals surface area contributed by atoms with E-state index in [-0.39, 0.29) is 0 Å². The maximum atomic E-state index is 5.89. The van der Waals surface area contributed by atoms with Crippen molar-refractivity contribution in [3.63, 3.8) is 0 Å². The number of hydrogen-bond donors (Lipinski definition) is 1. The highest BCUT2D eigenvalue weighted by atomic mass is 35.5. The van der Waals surface area contributed by atoms with Crippen molar-refractivity contribution in [3.05, 3.63) is 34.9 Å². The van der Waals surface area contributed by atoms with Crippen molar-refractivity contribution >= 4 is 11.6 Å². The minimum absolute atomic E-state index is 0.543. The molecule has 0 bridgehead atoms. The fraction of sp³-hybridized carbons (Fsp3) is 0.600. The first-order valence-electron chi connectivity index (χ1n) is 6.65. The standard InChI is InChI=1S/C15H22ClN/c1-11-4-3-5-15(11)17-12(2)10-13-6-8-14(16)9-7-13/h6-9,11-12,15,17H,3-5,10H2,1-2H3. The van der Waals surface area contributed by atoms with Gasteiger partial charge in [0.1, 0.15) is 0 Å².